The van der Waals surface area contributed by atoms with Crippen molar-refractivity contribution < 1.29 is 32.2 Å². The Morgan fingerprint density at radius 3 is 2.61 bits per heavy atom. The van der Waals surface area contributed by atoms with Crippen molar-refractivity contribution in [2.45, 2.75) is 38.0 Å². The van der Waals surface area contributed by atoms with Gasteiger partial charge in [0.15, 0.2) is 0 Å². The van der Waals surface area contributed by atoms with E-state index in [1.165, 1.54) is 26.2 Å². The van der Waals surface area contributed by atoms with Gasteiger partial charge in [-0.25, -0.2) is 0 Å². The third-order valence-electron chi connectivity index (χ3n) is 6.60. The van der Waals surface area contributed by atoms with Gasteiger partial charge in [-0.3, -0.25) is 14.6 Å². The van der Waals surface area contributed by atoms with Crippen LogP contribution < -0.4 is 14.8 Å². The maximum Gasteiger partial charge on any atom is 0.416 e. The van der Waals surface area contributed by atoms with Crippen LogP contribution in [0.15, 0.2) is 54.7 Å². The molecule has 3 atom stereocenters. The number of Topliss-reactive ketones (excluding diaryl/α,β-unsaturated/α-hetero) is 1. The quantitative estimate of drug-likeness (QED) is 0.484. The summed E-state index contributed by atoms with van der Waals surface area (Å²) in [5.74, 6) is 1.32. The molecule has 3 aromatic rings. The van der Waals surface area contributed by atoms with Crippen LogP contribution in [0.2, 0.25) is 0 Å². The van der Waals surface area contributed by atoms with Gasteiger partial charge < -0.3 is 14.8 Å². The van der Waals surface area contributed by atoms with Gasteiger partial charge in [0.2, 0.25) is 0 Å². The molecule has 1 N–H and O–H groups in total. The average Bonchev–Trinajstić information content (AvgIpc) is 3.35. The highest BCUT2D eigenvalue weighted by molar-refractivity contribution is 5.92. The van der Waals surface area contributed by atoms with Gasteiger partial charge in [-0.1, -0.05) is 12.1 Å². The lowest BCUT2D eigenvalue weighted by Gasteiger charge is -2.13. The molecule has 36 heavy (non-hydrogen) atoms. The van der Waals surface area contributed by atoms with Crippen LogP contribution in [0, 0.1) is 12.8 Å². The molecule has 5 rings (SSSR count). The van der Waals surface area contributed by atoms with Gasteiger partial charge in [0.1, 0.15) is 34.8 Å². The topological polar surface area (TPSA) is 77.5 Å². The molecular formula is C27H23F3N2O4. The zero-order chi connectivity index (χ0) is 25.6. The number of benzene rings is 2. The van der Waals surface area contributed by atoms with Crippen LogP contribution in [-0.4, -0.2) is 29.8 Å². The van der Waals surface area contributed by atoms with Crippen molar-refractivity contribution in [1.82, 2.24) is 10.3 Å². The van der Waals surface area contributed by atoms with E-state index in [9.17, 15) is 22.8 Å². The molecule has 1 fully saturated rings. The average molecular weight is 496 g/mol. The number of hydrogen-bond acceptors (Lipinski definition) is 5. The number of amides is 1. The number of ether oxygens (including phenoxy) is 2. The molecule has 0 radical (unpaired) electrons. The summed E-state index contributed by atoms with van der Waals surface area (Å²) in [5, 5.41) is 2.51. The molecule has 1 amide bonds. The minimum absolute atomic E-state index is 0.0198. The Kier molecular flexibility index (Phi) is 5.94. The molecule has 9 heteroatoms. The predicted molar refractivity (Wildman–Crippen MR) is 124 cm³/mol. The van der Waals surface area contributed by atoms with Crippen molar-refractivity contribution in [1.29, 1.82) is 0 Å². The molecule has 1 aromatic heterocycles. The summed E-state index contributed by atoms with van der Waals surface area (Å²) in [4.78, 5) is 28.5. The van der Waals surface area contributed by atoms with Crippen molar-refractivity contribution in [3.8, 4) is 17.2 Å². The number of hydrogen-bond donors (Lipinski definition) is 1. The van der Waals surface area contributed by atoms with Gasteiger partial charge in [-0.2, -0.15) is 13.2 Å². The molecule has 2 heterocycles. The molecule has 186 valence electrons. The Balaban J connectivity index is 1.24. The first-order chi connectivity index (χ1) is 17.1. The zero-order valence-corrected chi connectivity index (χ0v) is 19.6. The Hall–Kier alpha value is -3.88. The minimum Gasteiger partial charge on any atom is -0.489 e. The molecule has 2 aliphatic rings. The Morgan fingerprint density at radius 1 is 1.08 bits per heavy atom. The van der Waals surface area contributed by atoms with E-state index in [4.69, 9.17) is 9.47 Å². The monoisotopic (exact) mass is 496 g/mol. The standard InChI is InChI=1S/C27H23F3N2O4/c1-14-3-4-15(10-21(14)27(28,29)30)9-16(33)11-20-24-19-12-17(5-6-23(19)36-25(20)24)35-18-7-8-32-22(13-18)26(34)31-2/h3-8,10,12-13,20,24-25H,9,11H2,1-2H3,(H,31,34)/t20-,24-,25+/m0/s1. The number of pyridine rings is 1. The molecule has 0 unspecified atom stereocenters. The van der Waals surface area contributed by atoms with Crippen LogP contribution in [0.5, 0.6) is 17.2 Å². The van der Waals surface area contributed by atoms with Gasteiger partial charge in [0, 0.05) is 49.6 Å². The number of nitrogens with zero attached hydrogens (tertiary/aromatic N) is 1. The zero-order valence-electron chi connectivity index (χ0n) is 19.6. The van der Waals surface area contributed by atoms with Crippen LogP contribution in [0.1, 0.15) is 45.1 Å². The van der Waals surface area contributed by atoms with Crippen molar-refractivity contribution in [2.75, 3.05) is 7.05 Å². The summed E-state index contributed by atoms with van der Waals surface area (Å²) < 4.78 is 51.5. The Bertz CT molecular complexity index is 1360. The second kappa shape index (κ2) is 8.96. The largest absolute Gasteiger partial charge is 0.489 e. The summed E-state index contributed by atoms with van der Waals surface area (Å²) >= 11 is 0. The molecular weight excluding hydrogens is 473 g/mol. The maximum absolute atomic E-state index is 13.2. The number of aromatic nitrogens is 1. The fourth-order valence-electron chi connectivity index (χ4n) is 4.77. The van der Waals surface area contributed by atoms with Gasteiger partial charge in [0.05, 0.1) is 5.56 Å². The molecule has 1 saturated carbocycles. The third-order valence-corrected chi connectivity index (χ3v) is 6.60. The molecule has 6 nitrogen and oxygen atoms in total. The van der Waals surface area contributed by atoms with Gasteiger partial charge >= 0.3 is 6.18 Å². The number of fused-ring (bicyclic) bond motifs is 3. The first-order valence-electron chi connectivity index (χ1n) is 11.5. The number of carbonyl (C=O) groups excluding carboxylic acids is 2. The first kappa shape index (κ1) is 23.8. The van der Waals surface area contributed by atoms with Crippen molar-refractivity contribution in [2.24, 2.45) is 5.92 Å². The highest BCUT2D eigenvalue weighted by Crippen LogP contribution is 2.60. The highest BCUT2D eigenvalue weighted by atomic mass is 19.4. The number of alkyl halides is 3. The van der Waals surface area contributed by atoms with Crippen molar-refractivity contribution in [3.63, 3.8) is 0 Å². The number of carbonyl (C=O) groups is 2. The van der Waals surface area contributed by atoms with Crippen LogP contribution in [-0.2, 0) is 17.4 Å². The predicted octanol–water partition coefficient (Wildman–Crippen LogP) is 5.24. The summed E-state index contributed by atoms with van der Waals surface area (Å²) in [6, 6.07) is 12.6. The normalized spacial score (nSPS) is 19.6. The van der Waals surface area contributed by atoms with Crippen LogP contribution in [0.25, 0.3) is 0 Å². The number of rotatable bonds is 7. The third kappa shape index (κ3) is 4.65. The Labute approximate surface area is 205 Å². The number of halogens is 3. The van der Waals surface area contributed by atoms with E-state index in [1.54, 1.807) is 24.3 Å². The molecule has 2 aromatic carbocycles. The van der Waals surface area contributed by atoms with Crippen LogP contribution >= 0.6 is 0 Å². The Morgan fingerprint density at radius 2 is 1.86 bits per heavy atom. The van der Waals surface area contributed by atoms with E-state index in [0.29, 0.717) is 17.1 Å². The molecule has 1 aliphatic carbocycles. The smallest absolute Gasteiger partial charge is 0.416 e. The van der Waals surface area contributed by atoms with Crippen molar-refractivity contribution >= 4 is 11.7 Å². The fraction of sp³-hybridized carbons (Fsp3) is 0.296. The number of nitrogens with one attached hydrogen (secondary N) is 1. The molecule has 0 saturated heterocycles. The van der Waals surface area contributed by atoms with Gasteiger partial charge in [-0.05, 0) is 48.4 Å². The lowest BCUT2D eigenvalue weighted by atomic mass is 9.98. The second-order valence-corrected chi connectivity index (χ2v) is 9.10. The molecule has 0 spiro atoms. The van der Waals surface area contributed by atoms with E-state index in [-0.39, 0.29) is 53.7 Å². The minimum atomic E-state index is -4.45. The lowest BCUT2D eigenvalue weighted by Crippen LogP contribution is -2.18. The van der Waals surface area contributed by atoms with E-state index in [0.717, 1.165) is 17.4 Å². The summed E-state index contributed by atoms with van der Waals surface area (Å²) in [5.41, 5.74) is 0.948. The second-order valence-electron chi connectivity index (χ2n) is 9.10. The van der Waals surface area contributed by atoms with E-state index >= 15 is 0 Å². The SMILES string of the molecule is CNC(=O)c1cc(Oc2ccc3c(c2)[C@H]2[C@H](CC(=O)Cc4ccc(C)c(C(F)(F)F)c4)[C@H]2O3)ccn1. The lowest BCUT2D eigenvalue weighted by molar-refractivity contribution is -0.138. The fourth-order valence-corrected chi connectivity index (χ4v) is 4.77. The van der Waals surface area contributed by atoms with Crippen LogP contribution in [0.4, 0.5) is 13.2 Å². The molecule has 0 bridgehead atoms. The number of aryl methyl sites for hydroxylation is 1. The van der Waals surface area contributed by atoms with E-state index in [2.05, 4.69) is 10.3 Å². The van der Waals surface area contributed by atoms with E-state index < -0.39 is 11.7 Å². The maximum atomic E-state index is 13.2. The molecule has 1 aliphatic heterocycles. The highest BCUT2D eigenvalue weighted by Gasteiger charge is 2.59. The summed E-state index contributed by atoms with van der Waals surface area (Å²) in [7, 11) is 1.52. The van der Waals surface area contributed by atoms with Crippen LogP contribution in [0.3, 0.4) is 0 Å². The van der Waals surface area contributed by atoms with E-state index in [1.807, 2.05) is 12.1 Å². The number of ketones is 1. The summed E-state index contributed by atoms with van der Waals surface area (Å²) in [6.45, 7) is 1.40. The van der Waals surface area contributed by atoms with Crippen molar-refractivity contribution in [3.05, 3.63) is 82.7 Å². The first-order valence-corrected chi connectivity index (χ1v) is 11.5. The van der Waals surface area contributed by atoms with Gasteiger partial charge in [-0.15, -0.1) is 0 Å². The van der Waals surface area contributed by atoms with Gasteiger partial charge in [0.25, 0.3) is 5.91 Å². The summed E-state index contributed by atoms with van der Waals surface area (Å²) in [6.07, 6.45) is -2.90.